The lowest BCUT2D eigenvalue weighted by Crippen LogP contribution is -2.36. The highest BCUT2D eigenvalue weighted by Crippen LogP contribution is 2.29. The largest absolute Gasteiger partial charge is 0.363 e. The van der Waals surface area contributed by atoms with Crippen LogP contribution in [-0.2, 0) is 16.0 Å². The number of ether oxygens (including phenoxy) is 1. The quantitative estimate of drug-likeness (QED) is 0.787. The van der Waals surface area contributed by atoms with Gasteiger partial charge < -0.3 is 10.1 Å². The molecular weight excluding hydrogens is 324 g/mol. The molecule has 130 valence electrons. The lowest BCUT2D eigenvalue weighted by Gasteiger charge is -2.27. The minimum Gasteiger partial charge on any atom is -0.363 e. The zero-order valence-electron chi connectivity index (χ0n) is 14.3. The van der Waals surface area contributed by atoms with Crippen LogP contribution in [0.2, 0.25) is 0 Å². The van der Waals surface area contributed by atoms with Gasteiger partial charge in [-0.1, -0.05) is 60.7 Å². The molecule has 4 heteroatoms. The molecule has 2 unspecified atom stereocenters. The number of aromatic nitrogens is 1. The van der Waals surface area contributed by atoms with Crippen molar-refractivity contribution >= 4 is 5.91 Å². The third-order valence-corrected chi connectivity index (χ3v) is 4.67. The second-order valence-corrected chi connectivity index (χ2v) is 6.34. The summed E-state index contributed by atoms with van der Waals surface area (Å²) in [5, 5.41) is 3.16. The van der Waals surface area contributed by atoms with Gasteiger partial charge in [-0.2, -0.15) is 0 Å². The number of carbonyl (C=O) groups is 1. The summed E-state index contributed by atoms with van der Waals surface area (Å²) in [6, 6.07) is 21.5. The van der Waals surface area contributed by atoms with Gasteiger partial charge in [0.15, 0.2) is 6.10 Å². The van der Waals surface area contributed by atoms with Crippen LogP contribution >= 0.6 is 0 Å². The predicted octanol–water partition coefficient (Wildman–Crippen LogP) is 3.60. The topological polar surface area (TPSA) is 51.2 Å². The van der Waals surface area contributed by atoms with Gasteiger partial charge in [-0.25, -0.2) is 0 Å². The van der Waals surface area contributed by atoms with E-state index >= 15 is 0 Å². The van der Waals surface area contributed by atoms with Gasteiger partial charge in [0.25, 0.3) is 5.91 Å². The first-order valence-electron chi connectivity index (χ1n) is 8.77. The van der Waals surface area contributed by atoms with Crippen LogP contribution in [0.1, 0.15) is 34.4 Å². The van der Waals surface area contributed by atoms with Gasteiger partial charge in [0.05, 0.1) is 12.6 Å². The van der Waals surface area contributed by atoms with Crippen molar-refractivity contribution < 1.29 is 9.53 Å². The minimum absolute atomic E-state index is 0.130. The van der Waals surface area contributed by atoms with Crippen LogP contribution in [0.25, 0.3) is 0 Å². The summed E-state index contributed by atoms with van der Waals surface area (Å²) in [7, 11) is 0. The van der Waals surface area contributed by atoms with Crippen molar-refractivity contribution in [3.63, 3.8) is 0 Å². The second kappa shape index (κ2) is 7.50. The van der Waals surface area contributed by atoms with Gasteiger partial charge in [-0.15, -0.1) is 0 Å². The van der Waals surface area contributed by atoms with Gasteiger partial charge in [0.1, 0.15) is 0 Å². The highest BCUT2D eigenvalue weighted by Gasteiger charge is 2.29. The predicted molar refractivity (Wildman–Crippen MR) is 99.5 cm³/mol. The first kappa shape index (κ1) is 16.5. The van der Waals surface area contributed by atoms with Gasteiger partial charge in [0, 0.05) is 12.4 Å². The van der Waals surface area contributed by atoms with E-state index in [9.17, 15) is 4.79 Å². The van der Waals surface area contributed by atoms with Crippen LogP contribution in [-0.4, -0.2) is 17.5 Å². The standard InChI is InChI=1S/C22H20N2O2/c25-22(21-19-11-5-4-7-16(19)12-14-26-21)24-20(17-8-2-1-3-9-17)18-10-6-13-23-15-18/h1-11,13,15,20-21H,12,14H2,(H,24,25). The number of hydrogen-bond acceptors (Lipinski definition) is 3. The molecule has 1 aliphatic heterocycles. The number of carbonyl (C=O) groups excluding carboxylic acids is 1. The number of pyridine rings is 1. The fourth-order valence-electron chi connectivity index (χ4n) is 3.38. The molecule has 0 spiro atoms. The fourth-order valence-corrected chi connectivity index (χ4v) is 3.38. The molecule has 1 N–H and O–H groups in total. The molecule has 0 fully saturated rings. The summed E-state index contributed by atoms with van der Waals surface area (Å²) >= 11 is 0. The fraction of sp³-hybridized carbons (Fsp3) is 0.182. The Morgan fingerprint density at radius 1 is 1.00 bits per heavy atom. The van der Waals surface area contributed by atoms with E-state index in [0.29, 0.717) is 6.61 Å². The molecule has 2 heterocycles. The molecule has 26 heavy (non-hydrogen) atoms. The Bertz CT molecular complexity index is 841. The Morgan fingerprint density at radius 2 is 1.77 bits per heavy atom. The molecule has 4 rings (SSSR count). The lowest BCUT2D eigenvalue weighted by atomic mass is 9.95. The Morgan fingerprint density at radius 3 is 2.58 bits per heavy atom. The molecule has 0 bridgehead atoms. The van der Waals surface area contributed by atoms with E-state index in [4.69, 9.17) is 4.74 Å². The number of rotatable bonds is 4. The normalized spacial score (nSPS) is 17.2. The highest BCUT2D eigenvalue weighted by molar-refractivity contribution is 5.83. The monoisotopic (exact) mass is 344 g/mol. The molecule has 0 radical (unpaired) electrons. The third kappa shape index (κ3) is 3.37. The molecule has 2 atom stereocenters. The maximum atomic E-state index is 13.1. The van der Waals surface area contributed by atoms with Crippen molar-refractivity contribution in [2.45, 2.75) is 18.6 Å². The molecule has 0 aliphatic carbocycles. The highest BCUT2D eigenvalue weighted by atomic mass is 16.5. The van der Waals surface area contributed by atoms with E-state index in [2.05, 4.69) is 16.4 Å². The van der Waals surface area contributed by atoms with Crippen molar-refractivity contribution in [2.24, 2.45) is 0 Å². The molecule has 0 saturated heterocycles. The lowest BCUT2D eigenvalue weighted by molar-refractivity contribution is -0.134. The van der Waals surface area contributed by atoms with Gasteiger partial charge in [-0.05, 0) is 34.7 Å². The van der Waals surface area contributed by atoms with E-state index in [1.54, 1.807) is 12.4 Å². The maximum Gasteiger partial charge on any atom is 0.254 e. The average molecular weight is 344 g/mol. The zero-order chi connectivity index (χ0) is 17.8. The van der Waals surface area contributed by atoms with Gasteiger partial charge >= 0.3 is 0 Å². The Labute approximate surface area is 152 Å². The Kier molecular flexibility index (Phi) is 4.75. The van der Waals surface area contributed by atoms with Crippen LogP contribution in [0.3, 0.4) is 0 Å². The van der Waals surface area contributed by atoms with Crippen LogP contribution in [0.4, 0.5) is 0 Å². The number of benzene rings is 2. The van der Waals surface area contributed by atoms with Gasteiger partial charge in [0.2, 0.25) is 0 Å². The van der Waals surface area contributed by atoms with Crippen LogP contribution in [0.5, 0.6) is 0 Å². The Hall–Kier alpha value is -2.98. The molecule has 1 aromatic heterocycles. The van der Waals surface area contributed by atoms with E-state index in [1.807, 2.05) is 60.7 Å². The second-order valence-electron chi connectivity index (χ2n) is 6.34. The molecule has 4 nitrogen and oxygen atoms in total. The average Bonchev–Trinajstić information content (AvgIpc) is 2.72. The third-order valence-electron chi connectivity index (χ3n) is 4.67. The number of nitrogens with one attached hydrogen (secondary N) is 1. The van der Waals surface area contributed by atoms with E-state index in [0.717, 1.165) is 23.1 Å². The van der Waals surface area contributed by atoms with Crippen LogP contribution in [0.15, 0.2) is 79.1 Å². The Balaban J connectivity index is 1.64. The number of nitrogens with zero attached hydrogens (tertiary/aromatic N) is 1. The van der Waals surface area contributed by atoms with E-state index in [1.165, 1.54) is 5.56 Å². The van der Waals surface area contributed by atoms with E-state index < -0.39 is 6.10 Å². The van der Waals surface area contributed by atoms with Crippen LogP contribution in [0, 0.1) is 0 Å². The number of hydrogen-bond donors (Lipinski definition) is 1. The molecule has 1 aliphatic rings. The van der Waals surface area contributed by atoms with Crippen molar-refractivity contribution in [3.05, 3.63) is 101 Å². The summed E-state index contributed by atoms with van der Waals surface area (Å²) in [4.78, 5) is 17.3. The van der Waals surface area contributed by atoms with Crippen molar-refractivity contribution in [1.82, 2.24) is 10.3 Å². The summed E-state index contributed by atoms with van der Waals surface area (Å²) in [5.74, 6) is -0.130. The van der Waals surface area contributed by atoms with Gasteiger partial charge in [-0.3, -0.25) is 9.78 Å². The molecule has 3 aromatic rings. The number of amides is 1. The first-order valence-corrected chi connectivity index (χ1v) is 8.77. The summed E-state index contributed by atoms with van der Waals surface area (Å²) in [5.41, 5.74) is 4.08. The van der Waals surface area contributed by atoms with Crippen molar-refractivity contribution in [1.29, 1.82) is 0 Å². The molecule has 1 amide bonds. The summed E-state index contributed by atoms with van der Waals surface area (Å²) in [6.07, 6.45) is 3.77. The number of fused-ring (bicyclic) bond motifs is 1. The smallest absolute Gasteiger partial charge is 0.254 e. The minimum atomic E-state index is -0.581. The van der Waals surface area contributed by atoms with E-state index in [-0.39, 0.29) is 11.9 Å². The summed E-state index contributed by atoms with van der Waals surface area (Å²) < 4.78 is 5.81. The first-order chi connectivity index (χ1) is 12.8. The SMILES string of the molecule is O=C(NC(c1ccccc1)c1cccnc1)C1OCCc2ccccc21. The van der Waals surface area contributed by atoms with Crippen LogP contribution < -0.4 is 5.32 Å². The summed E-state index contributed by atoms with van der Waals surface area (Å²) in [6.45, 7) is 0.554. The molecular formula is C22H20N2O2. The van der Waals surface area contributed by atoms with Crippen molar-refractivity contribution in [3.8, 4) is 0 Å². The molecule has 2 aromatic carbocycles. The maximum absolute atomic E-state index is 13.1. The van der Waals surface area contributed by atoms with Crippen molar-refractivity contribution in [2.75, 3.05) is 6.61 Å². The zero-order valence-corrected chi connectivity index (χ0v) is 14.3. The molecule has 0 saturated carbocycles.